The number of carbonyl (C=O) groups excluding carboxylic acids is 1. The molecule has 0 amide bonds. The van der Waals surface area contributed by atoms with Gasteiger partial charge in [0.05, 0.1) is 5.56 Å². The Hall–Kier alpha value is -2.61. The molecular weight excluding hydrogens is 245 g/mol. The molecule has 0 aliphatic rings. The monoisotopic (exact) mass is 257 g/mol. The van der Waals surface area contributed by atoms with E-state index in [-0.39, 0.29) is 23.7 Å². The molecule has 0 saturated carbocycles. The van der Waals surface area contributed by atoms with E-state index in [1.54, 1.807) is 19.1 Å². The van der Waals surface area contributed by atoms with Gasteiger partial charge in [-0.05, 0) is 30.7 Å². The summed E-state index contributed by atoms with van der Waals surface area (Å²) in [7, 11) is 0. The summed E-state index contributed by atoms with van der Waals surface area (Å²) in [5.41, 5.74) is 7.58. The van der Waals surface area contributed by atoms with Crippen molar-refractivity contribution in [1.29, 1.82) is 0 Å². The van der Waals surface area contributed by atoms with Crippen LogP contribution < -0.4 is 5.73 Å². The third-order valence-corrected chi connectivity index (χ3v) is 2.82. The molecule has 2 aromatic rings. The van der Waals surface area contributed by atoms with Gasteiger partial charge in [0, 0.05) is 5.56 Å². The number of rotatable bonds is 3. The number of aromatic nitrogens is 2. The molecule has 0 aliphatic heterocycles. The van der Waals surface area contributed by atoms with Gasteiger partial charge >= 0.3 is 0 Å². The number of aldehydes is 1. The Morgan fingerprint density at radius 1 is 1.58 bits per heavy atom. The van der Waals surface area contributed by atoms with E-state index in [4.69, 9.17) is 12.2 Å². The van der Waals surface area contributed by atoms with Gasteiger partial charge in [0.2, 0.25) is 0 Å². The molecular formula is C14H12FN3O. The average Bonchev–Trinajstić information content (AvgIpc) is 2.70. The fourth-order valence-corrected chi connectivity index (χ4v) is 1.82. The fourth-order valence-electron chi connectivity index (χ4n) is 1.82. The normalized spacial score (nSPS) is 10.2. The molecule has 0 aliphatic carbocycles. The zero-order chi connectivity index (χ0) is 14.0. The van der Waals surface area contributed by atoms with Gasteiger partial charge in [-0.1, -0.05) is 5.92 Å². The summed E-state index contributed by atoms with van der Waals surface area (Å²) in [6.45, 7) is 1.81. The third-order valence-electron chi connectivity index (χ3n) is 2.82. The Labute approximate surface area is 110 Å². The van der Waals surface area contributed by atoms with Crippen molar-refractivity contribution in [2.75, 3.05) is 5.73 Å². The molecule has 0 bridgehead atoms. The Kier molecular flexibility index (Phi) is 3.34. The van der Waals surface area contributed by atoms with Crippen LogP contribution in [0.2, 0.25) is 0 Å². The summed E-state index contributed by atoms with van der Waals surface area (Å²) >= 11 is 0. The Morgan fingerprint density at radius 2 is 2.32 bits per heavy atom. The van der Waals surface area contributed by atoms with Crippen LogP contribution in [0.1, 0.15) is 15.9 Å². The maximum Gasteiger partial charge on any atom is 0.156 e. The molecule has 0 spiro atoms. The molecule has 1 aromatic heterocycles. The lowest BCUT2D eigenvalue weighted by atomic mass is 10.1. The summed E-state index contributed by atoms with van der Waals surface area (Å²) in [6.07, 6.45) is 5.84. The number of terminal acetylenes is 1. The zero-order valence-electron chi connectivity index (χ0n) is 10.4. The molecule has 4 nitrogen and oxygen atoms in total. The van der Waals surface area contributed by atoms with E-state index in [0.29, 0.717) is 23.1 Å². The first-order chi connectivity index (χ1) is 9.08. The minimum Gasteiger partial charge on any atom is -0.383 e. The number of halogens is 1. The van der Waals surface area contributed by atoms with Gasteiger partial charge < -0.3 is 5.73 Å². The van der Waals surface area contributed by atoms with E-state index in [1.165, 1.54) is 10.7 Å². The molecule has 2 rings (SSSR count). The van der Waals surface area contributed by atoms with E-state index in [2.05, 4.69) is 11.0 Å². The van der Waals surface area contributed by atoms with Crippen molar-refractivity contribution in [3.05, 3.63) is 35.1 Å². The van der Waals surface area contributed by atoms with Crippen molar-refractivity contribution in [2.45, 2.75) is 13.5 Å². The van der Waals surface area contributed by atoms with E-state index < -0.39 is 0 Å². The Balaban J connectivity index is 2.61. The second-order valence-electron chi connectivity index (χ2n) is 4.09. The maximum absolute atomic E-state index is 13.3. The minimum absolute atomic E-state index is 0.173. The molecule has 19 heavy (non-hydrogen) atoms. The first-order valence-corrected chi connectivity index (χ1v) is 5.60. The number of nitrogens with two attached hydrogens (primary N) is 1. The number of carbonyl (C=O) groups is 1. The van der Waals surface area contributed by atoms with Crippen LogP contribution in [0.3, 0.4) is 0 Å². The lowest BCUT2D eigenvalue weighted by Gasteiger charge is -2.01. The van der Waals surface area contributed by atoms with Crippen LogP contribution in [-0.2, 0) is 6.54 Å². The predicted octanol–water partition coefficient (Wildman–Crippen LogP) is 2.03. The van der Waals surface area contributed by atoms with E-state index in [9.17, 15) is 9.18 Å². The summed E-state index contributed by atoms with van der Waals surface area (Å²) in [4.78, 5) is 11.1. The second-order valence-corrected chi connectivity index (χ2v) is 4.09. The van der Waals surface area contributed by atoms with Gasteiger partial charge in [-0.25, -0.2) is 9.07 Å². The van der Waals surface area contributed by atoms with Gasteiger partial charge in [-0.2, -0.15) is 5.10 Å². The number of nitrogen functional groups attached to an aromatic ring is 1. The second kappa shape index (κ2) is 4.94. The lowest BCUT2D eigenvalue weighted by Crippen LogP contribution is -2.03. The van der Waals surface area contributed by atoms with Crippen molar-refractivity contribution in [2.24, 2.45) is 0 Å². The van der Waals surface area contributed by atoms with Crippen molar-refractivity contribution in [1.82, 2.24) is 9.78 Å². The topological polar surface area (TPSA) is 60.9 Å². The number of benzene rings is 1. The zero-order valence-corrected chi connectivity index (χ0v) is 10.4. The summed E-state index contributed by atoms with van der Waals surface area (Å²) in [5, 5.41) is 4.21. The molecule has 1 heterocycles. The summed E-state index contributed by atoms with van der Waals surface area (Å²) in [6, 6.07) is 4.50. The van der Waals surface area contributed by atoms with Gasteiger partial charge in [0.15, 0.2) is 6.29 Å². The number of anilines is 1. The van der Waals surface area contributed by atoms with Crippen LogP contribution in [0, 0.1) is 25.1 Å². The van der Waals surface area contributed by atoms with E-state index >= 15 is 0 Å². The first kappa shape index (κ1) is 12.8. The number of hydrogen-bond acceptors (Lipinski definition) is 3. The van der Waals surface area contributed by atoms with Crippen LogP contribution in [0.5, 0.6) is 0 Å². The summed E-state index contributed by atoms with van der Waals surface area (Å²) < 4.78 is 14.6. The molecule has 0 saturated heterocycles. The SMILES string of the molecule is C#CCn1nc(-c2ccc(F)c(C)c2)c(C=O)c1N. The highest BCUT2D eigenvalue weighted by molar-refractivity contribution is 5.91. The van der Waals surface area contributed by atoms with Crippen LogP contribution >= 0.6 is 0 Å². The average molecular weight is 257 g/mol. The highest BCUT2D eigenvalue weighted by Crippen LogP contribution is 2.27. The molecule has 0 fully saturated rings. The Morgan fingerprint density at radius 3 is 2.89 bits per heavy atom. The largest absolute Gasteiger partial charge is 0.383 e. The number of nitrogens with zero attached hydrogens (tertiary/aromatic N) is 2. The number of aryl methyl sites for hydroxylation is 1. The van der Waals surface area contributed by atoms with Crippen LogP contribution in [0.15, 0.2) is 18.2 Å². The molecule has 1 aromatic carbocycles. The maximum atomic E-state index is 13.3. The highest BCUT2D eigenvalue weighted by atomic mass is 19.1. The molecule has 96 valence electrons. The first-order valence-electron chi connectivity index (χ1n) is 5.60. The Bertz CT molecular complexity index is 683. The van der Waals surface area contributed by atoms with Gasteiger partial charge in [0.25, 0.3) is 0 Å². The van der Waals surface area contributed by atoms with Crippen LogP contribution in [0.4, 0.5) is 10.2 Å². The van der Waals surface area contributed by atoms with E-state index in [0.717, 1.165) is 0 Å². The molecule has 0 radical (unpaired) electrons. The quantitative estimate of drug-likeness (QED) is 0.676. The molecule has 0 atom stereocenters. The highest BCUT2D eigenvalue weighted by Gasteiger charge is 2.16. The predicted molar refractivity (Wildman–Crippen MR) is 71.0 cm³/mol. The molecule has 0 unspecified atom stereocenters. The summed E-state index contributed by atoms with van der Waals surface area (Å²) in [5.74, 6) is 2.31. The molecule has 2 N–H and O–H groups in total. The van der Waals surface area contributed by atoms with Crippen molar-refractivity contribution in [3.8, 4) is 23.6 Å². The number of hydrogen-bond donors (Lipinski definition) is 1. The van der Waals surface area contributed by atoms with Crippen molar-refractivity contribution < 1.29 is 9.18 Å². The lowest BCUT2D eigenvalue weighted by molar-refractivity contribution is 0.112. The third kappa shape index (κ3) is 2.20. The van der Waals surface area contributed by atoms with E-state index in [1.807, 2.05) is 0 Å². The minimum atomic E-state index is -0.313. The van der Waals surface area contributed by atoms with Crippen molar-refractivity contribution in [3.63, 3.8) is 0 Å². The van der Waals surface area contributed by atoms with Gasteiger partial charge in [-0.3, -0.25) is 4.79 Å². The van der Waals surface area contributed by atoms with Crippen molar-refractivity contribution >= 4 is 12.1 Å². The van der Waals surface area contributed by atoms with Crippen LogP contribution in [-0.4, -0.2) is 16.1 Å². The standard InChI is InChI=1S/C14H12FN3O/c1-3-6-18-14(16)11(8-19)13(17-18)10-4-5-12(15)9(2)7-10/h1,4-5,7-8H,6,16H2,2H3. The van der Waals surface area contributed by atoms with Gasteiger partial charge in [-0.15, -0.1) is 6.42 Å². The smallest absolute Gasteiger partial charge is 0.156 e. The fraction of sp³-hybridized carbons (Fsp3) is 0.143. The van der Waals surface area contributed by atoms with Gasteiger partial charge in [0.1, 0.15) is 23.9 Å². The molecule has 5 heteroatoms. The van der Waals surface area contributed by atoms with Crippen LogP contribution in [0.25, 0.3) is 11.3 Å².